The van der Waals surface area contributed by atoms with E-state index in [-0.39, 0.29) is 0 Å². The maximum Gasteiger partial charge on any atom is 0.0541 e. The number of benzene rings is 3. The van der Waals surface area contributed by atoms with Gasteiger partial charge in [0.15, 0.2) is 0 Å². The highest BCUT2D eigenvalue weighted by Gasteiger charge is 2.18. The largest absolute Gasteiger partial charge is 0.309 e. The molecule has 3 aromatic carbocycles. The van der Waals surface area contributed by atoms with Crippen LogP contribution in [0.4, 0.5) is 0 Å². The number of hydrogen-bond acceptors (Lipinski definition) is 0. The monoisotopic (exact) mass is 313 g/mol. The van der Waals surface area contributed by atoms with Crippen molar-refractivity contribution >= 4 is 21.8 Å². The Bertz CT molecular complexity index is 954. The molecule has 4 aromatic rings. The highest BCUT2D eigenvalue weighted by Crippen LogP contribution is 2.36. The van der Waals surface area contributed by atoms with Crippen molar-refractivity contribution in [2.75, 3.05) is 0 Å². The van der Waals surface area contributed by atoms with E-state index in [1.54, 1.807) is 0 Å². The fourth-order valence-electron chi connectivity index (χ4n) is 3.62. The quantitative estimate of drug-likeness (QED) is 0.404. The molecule has 1 aromatic heterocycles. The van der Waals surface area contributed by atoms with Crippen LogP contribution in [0.25, 0.3) is 27.5 Å². The van der Waals surface area contributed by atoms with E-state index in [2.05, 4.69) is 98.1 Å². The maximum atomic E-state index is 2.43. The molecule has 120 valence electrons. The number of aromatic nitrogens is 1. The first-order chi connectivity index (χ1) is 11.7. The molecule has 1 unspecified atom stereocenters. The Morgan fingerprint density at radius 3 is 1.71 bits per heavy atom. The molecule has 0 fully saturated rings. The van der Waals surface area contributed by atoms with Crippen molar-refractivity contribution in [2.24, 2.45) is 5.92 Å². The molecule has 0 radical (unpaired) electrons. The molecule has 24 heavy (non-hydrogen) atoms. The van der Waals surface area contributed by atoms with E-state index in [1.807, 2.05) is 0 Å². The third kappa shape index (κ3) is 2.24. The van der Waals surface area contributed by atoms with E-state index in [9.17, 15) is 0 Å². The molecule has 0 N–H and O–H groups in total. The minimum Gasteiger partial charge on any atom is -0.309 e. The average Bonchev–Trinajstić information content (AvgIpc) is 2.95. The lowest BCUT2D eigenvalue weighted by Gasteiger charge is -2.21. The molecule has 1 atom stereocenters. The Morgan fingerprint density at radius 1 is 0.625 bits per heavy atom. The number of rotatable bonds is 3. The molecule has 0 saturated heterocycles. The van der Waals surface area contributed by atoms with Crippen LogP contribution in [0.2, 0.25) is 0 Å². The highest BCUT2D eigenvalue weighted by atomic mass is 15.0. The summed E-state index contributed by atoms with van der Waals surface area (Å²) in [7, 11) is 0. The summed E-state index contributed by atoms with van der Waals surface area (Å²) in [4.78, 5) is 0. The molecule has 1 nitrogen and oxygen atoms in total. The van der Waals surface area contributed by atoms with Crippen molar-refractivity contribution in [1.82, 2.24) is 4.57 Å². The lowest BCUT2D eigenvalue weighted by molar-refractivity contribution is 0.534. The Balaban J connectivity index is 2.11. The van der Waals surface area contributed by atoms with Gasteiger partial charge in [-0.05, 0) is 35.6 Å². The Morgan fingerprint density at radius 2 is 1.12 bits per heavy atom. The van der Waals surface area contributed by atoms with Crippen molar-refractivity contribution < 1.29 is 0 Å². The molecular weight excluding hydrogens is 290 g/mol. The first-order valence-corrected chi connectivity index (χ1v) is 8.76. The van der Waals surface area contributed by atoms with Gasteiger partial charge in [-0.25, -0.2) is 0 Å². The van der Waals surface area contributed by atoms with Crippen molar-refractivity contribution in [3.63, 3.8) is 0 Å². The number of fused-ring (bicyclic) bond motifs is 3. The van der Waals surface area contributed by atoms with Crippen LogP contribution in [0.1, 0.15) is 32.3 Å². The standard InChI is InChI=1S/C23H23N/c1-16(2)17(3)18-10-4-7-13-21(18)24-22-14-8-5-11-19(22)20-12-6-9-15-23(20)24/h4-17H,1-3H3. The lowest BCUT2D eigenvalue weighted by atomic mass is 9.89. The second-order valence-corrected chi connectivity index (χ2v) is 6.96. The lowest BCUT2D eigenvalue weighted by Crippen LogP contribution is -2.07. The van der Waals surface area contributed by atoms with E-state index < -0.39 is 0 Å². The molecule has 0 amide bonds. The van der Waals surface area contributed by atoms with Gasteiger partial charge in [0.1, 0.15) is 0 Å². The van der Waals surface area contributed by atoms with Gasteiger partial charge in [-0.15, -0.1) is 0 Å². The van der Waals surface area contributed by atoms with Crippen LogP contribution in [0.5, 0.6) is 0 Å². The SMILES string of the molecule is CC(C)C(C)c1ccccc1-n1c2ccccc2c2ccccc21. The zero-order chi connectivity index (χ0) is 16.7. The van der Waals surface area contributed by atoms with Gasteiger partial charge >= 0.3 is 0 Å². The average molecular weight is 313 g/mol. The highest BCUT2D eigenvalue weighted by molar-refractivity contribution is 6.09. The summed E-state index contributed by atoms with van der Waals surface area (Å²) in [6.45, 7) is 6.93. The van der Waals surface area contributed by atoms with Gasteiger partial charge in [0.2, 0.25) is 0 Å². The van der Waals surface area contributed by atoms with Crippen LogP contribution in [0.3, 0.4) is 0 Å². The van der Waals surface area contributed by atoms with Crippen molar-refractivity contribution in [3.8, 4) is 5.69 Å². The predicted molar refractivity (Wildman–Crippen MR) is 104 cm³/mol. The van der Waals surface area contributed by atoms with Crippen molar-refractivity contribution in [3.05, 3.63) is 78.4 Å². The van der Waals surface area contributed by atoms with Gasteiger partial charge in [0.25, 0.3) is 0 Å². The zero-order valence-electron chi connectivity index (χ0n) is 14.5. The van der Waals surface area contributed by atoms with Gasteiger partial charge in [-0.3, -0.25) is 0 Å². The summed E-state index contributed by atoms with van der Waals surface area (Å²) in [6.07, 6.45) is 0. The first kappa shape index (κ1) is 15.0. The van der Waals surface area contributed by atoms with Crippen LogP contribution in [0, 0.1) is 5.92 Å². The molecule has 4 rings (SSSR count). The predicted octanol–water partition coefficient (Wildman–Crippen LogP) is 6.54. The minimum atomic E-state index is 0.515. The maximum absolute atomic E-state index is 2.43. The van der Waals surface area contributed by atoms with Crippen LogP contribution in [-0.4, -0.2) is 4.57 Å². The van der Waals surface area contributed by atoms with E-state index >= 15 is 0 Å². The van der Waals surface area contributed by atoms with E-state index in [1.165, 1.54) is 33.1 Å². The summed E-state index contributed by atoms with van der Waals surface area (Å²) in [5.41, 5.74) is 5.28. The van der Waals surface area contributed by atoms with Gasteiger partial charge in [0.05, 0.1) is 11.0 Å². The van der Waals surface area contributed by atoms with E-state index in [4.69, 9.17) is 0 Å². The second kappa shape index (κ2) is 5.83. The van der Waals surface area contributed by atoms with Gasteiger partial charge in [-0.1, -0.05) is 75.4 Å². The molecule has 1 heterocycles. The zero-order valence-corrected chi connectivity index (χ0v) is 14.5. The van der Waals surface area contributed by atoms with Crippen LogP contribution in [-0.2, 0) is 0 Å². The summed E-state index contributed by atoms with van der Waals surface area (Å²) in [6, 6.07) is 26.3. The molecule has 1 heteroatoms. The Labute approximate surface area is 143 Å². The Hall–Kier alpha value is -2.54. The molecule has 0 spiro atoms. The number of hydrogen-bond donors (Lipinski definition) is 0. The van der Waals surface area contributed by atoms with E-state index in [0.717, 1.165) is 0 Å². The second-order valence-electron chi connectivity index (χ2n) is 6.96. The molecular formula is C23H23N. The van der Waals surface area contributed by atoms with Crippen LogP contribution in [0.15, 0.2) is 72.8 Å². The van der Waals surface area contributed by atoms with Gasteiger partial charge < -0.3 is 4.57 Å². The topological polar surface area (TPSA) is 4.93 Å². The number of para-hydroxylation sites is 3. The summed E-state index contributed by atoms with van der Waals surface area (Å²) in [5, 5.41) is 2.64. The fraction of sp³-hybridized carbons (Fsp3) is 0.217. The smallest absolute Gasteiger partial charge is 0.0541 e. The van der Waals surface area contributed by atoms with Crippen molar-refractivity contribution in [2.45, 2.75) is 26.7 Å². The number of nitrogens with zero attached hydrogens (tertiary/aromatic N) is 1. The summed E-state index contributed by atoms with van der Waals surface area (Å²) in [5.74, 6) is 1.13. The van der Waals surface area contributed by atoms with Crippen LogP contribution < -0.4 is 0 Å². The van der Waals surface area contributed by atoms with Crippen LogP contribution >= 0.6 is 0 Å². The normalized spacial score (nSPS) is 13.0. The summed E-state index contributed by atoms with van der Waals surface area (Å²) < 4.78 is 2.43. The third-order valence-electron chi connectivity index (χ3n) is 5.25. The van der Waals surface area contributed by atoms with E-state index in [0.29, 0.717) is 11.8 Å². The van der Waals surface area contributed by atoms with Gasteiger partial charge in [0, 0.05) is 16.5 Å². The summed E-state index contributed by atoms with van der Waals surface area (Å²) >= 11 is 0. The van der Waals surface area contributed by atoms with Gasteiger partial charge in [-0.2, -0.15) is 0 Å². The molecule has 0 aliphatic carbocycles. The fourth-order valence-corrected chi connectivity index (χ4v) is 3.62. The van der Waals surface area contributed by atoms with Crippen molar-refractivity contribution in [1.29, 1.82) is 0 Å². The molecule has 0 aliphatic rings. The minimum absolute atomic E-state index is 0.515. The Kier molecular flexibility index (Phi) is 3.65. The molecule has 0 bridgehead atoms. The molecule has 0 saturated carbocycles. The molecule has 0 aliphatic heterocycles. The first-order valence-electron chi connectivity index (χ1n) is 8.76. The third-order valence-corrected chi connectivity index (χ3v) is 5.25.